The normalized spacial score (nSPS) is 11.2. The number of halogens is 1. The summed E-state index contributed by atoms with van der Waals surface area (Å²) in [6, 6.07) is 26.4. The Bertz CT molecular complexity index is 1060. The number of guanidine groups is 1. The molecule has 1 aromatic heterocycles. The number of imidazole rings is 1. The lowest BCUT2D eigenvalue weighted by Gasteiger charge is -2.07. The number of nitrogens with one attached hydrogen (secondary N) is 1. The second-order valence-electron chi connectivity index (χ2n) is 6.37. The molecule has 0 spiro atoms. The summed E-state index contributed by atoms with van der Waals surface area (Å²) in [5, 5.41) is 3.09. The maximum absolute atomic E-state index is 5.96. The van der Waals surface area contributed by atoms with Crippen LogP contribution in [0.5, 0.6) is 0 Å². The summed E-state index contributed by atoms with van der Waals surface area (Å²) in [6.45, 7) is 1.34. The van der Waals surface area contributed by atoms with E-state index in [9.17, 15) is 0 Å². The fourth-order valence-corrected chi connectivity index (χ4v) is 2.97. The highest BCUT2D eigenvalue weighted by atomic mass is 127. The number of fused-ring (bicyclic) bond motifs is 1. The molecule has 3 N–H and O–H groups in total. The van der Waals surface area contributed by atoms with Crippen LogP contribution in [-0.2, 0) is 13.1 Å². The van der Waals surface area contributed by atoms with Gasteiger partial charge in [-0.25, -0.2) is 9.98 Å². The summed E-state index contributed by atoms with van der Waals surface area (Å²) in [7, 11) is 0. The van der Waals surface area contributed by atoms with E-state index in [4.69, 9.17) is 5.73 Å². The molecule has 4 aromatic rings. The third-order valence-corrected chi connectivity index (χ3v) is 4.38. The van der Waals surface area contributed by atoms with Crippen molar-refractivity contribution in [3.8, 4) is 0 Å². The van der Waals surface area contributed by atoms with Gasteiger partial charge in [0.15, 0.2) is 5.96 Å². The van der Waals surface area contributed by atoms with E-state index in [2.05, 4.69) is 50.2 Å². The summed E-state index contributed by atoms with van der Waals surface area (Å²) >= 11 is 0. The maximum atomic E-state index is 5.96. The Morgan fingerprint density at radius 1 is 0.893 bits per heavy atom. The van der Waals surface area contributed by atoms with E-state index in [1.54, 1.807) is 0 Å². The Hall–Kier alpha value is -2.87. The van der Waals surface area contributed by atoms with Crippen molar-refractivity contribution >= 4 is 46.7 Å². The van der Waals surface area contributed by atoms with Crippen LogP contribution in [0, 0.1) is 0 Å². The molecule has 0 aliphatic rings. The van der Waals surface area contributed by atoms with Gasteiger partial charge in [0.25, 0.3) is 0 Å². The lowest BCUT2D eigenvalue weighted by atomic mass is 10.1. The Labute approximate surface area is 181 Å². The fourth-order valence-electron chi connectivity index (χ4n) is 2.97. The number of hydrogen-bond acceptors (Lipinski definition) is 2. The number of anilines is 1. The molecule has 0 bridgehead atoms. The first kappa shape index (κ1) is 19.9. The number of aromatic nitrogens is 2. The molecule has 5 nitrogen and oxygen atoms in total. The van der Waals surface area contributed by atoms with Crippen LogP contribution < -0.4 is 11.1 Å². The monoisotopic (exact) mass is 483 g/mol. The number of rotatable bonds is 5. The van der Waals surface area contributed by atoms with Crippen molar-refractivity contribution in [2.45, 2.75) is 13.1 Å². The minimum Gasteiger partial charge on any atom is -0.370 e. The van der Waals surface area contributed by atoms with Crippen molar-refractivity contribution in [2.75, 3.05) is 5.32 Å². The molecule has 28 heavy (non-hydrogen) atoms. The molecule has 4 rings (SSSR count). The minimum absolute atomic E-state index is 0. The zero-order valence-electron chi connectivity index (χ0n) is 15.3. The van der Waals surface area contributed by atoms with E-state index < -0.39 is 0 Å². The number of nitrogens with two attached hydrogens (primary N) is 1. The third kappa shape index (κ3) is 4.89. The van der Waals surface area contributed by atoms with Gasteiger partial charge in [0.2, 0.25) is 0 Å². The lowest BCUT2D eigenvalue weighted by Crippen LogP contribution is -2.22. The summed E-state index contributed by atoms with van der Waals surface area (Å²) in [5.41, 5.74) is 11.4. The van der Waals surface area contributed by atoms with E-state index >= 15 is 0 Å². The predicted molar refractivity (Wildman–Crippen MR) is 126 cm³/mol. The molecule has 0 aliphatic heterocycles. The van der Waals surface area contributed by atoms with Gasteiger partial charge in [0, 0.05) is 12.2 Å². The first-order valence-corrected chi connectivity index (χ1v) is 8.87. The largest absolute Gasteiger partial charge is 0.370 e. The molecule has 142 valence electrons. The van der Waals surface area contributed by atoms with Crippen molar-refractivity contribution < 1.29 is 0 Å². The molecule has 0 aliphatic carbocycles. The van der Waals surface area contributed by atoms with Crippen LogP contribution in [0.1, 0.15) is 11.1 Å². The number of aliphatic imine (C=N–C) groups is 1. The molecule has 1 heterocycles. The zero-order chi connectivity index (χ0) is 18.5. The van der Waals surface area contributed by atoms with E-state index in [0.717, 1.165) is 28.8 Å². The molecule has 0 saturated heterocycles. The van der Waals surface area contributed by atoms with Gasteiger partial charge in [-0.3, -0.25) is 0 Å². The molecule has 0 fully saturated rings. The average Bonchev–Trinajstić information content (AvgIpc) is 3.11. The summed E-state index contributed by atoms with van der Waals surface area (Å²) in [4.78, 5) is 8.84. The van der Waals surface area contributed by atoms with Crippen LogP contribution in [0.3, 0.4) is 0 Å². The highest BCUT2D eigenvalue weighted by Gasteiger charge is 2.02. The van der Waals surface area contributed by atoms with Crippen LogP contribution >= 0.6 is 24.0 Å². The topological polar surface area (TPSA) is 68.2 Å². The molecule has 0 radical (unpaired) electrons. The van der Waals surface area contributed by atoms with E-state index in [1.165, 1.54) is 5.56 Å². The van der Waals surface area contributed by atoms with E-state index in [1.807, 2.05) is 54.9 Å². The molecular weight excluding hydrogens is 461 g/mol. The Kier molecular flexibility index (Phi) is 6.65. The SMILES string of the molecule is I.NC(=NCc1ccc(Cn2cnc3ccccc32)cc1)Nc1ccccc1. The van der Waals surface area contributed by atoms with E-state index in [-0.39, 0.29) is 24.0 Å². The van der Waals surface area contributed by atoms with Gasteiger partial charge in [-0.05, 0) is 35.4 Å². The number of nitrogens with zero attached hydrogens (tertiary/aromatic N) is 3. The van der Waals surface area contributed by atoms with Crippen LogP contribution in [-0.4, -0.2) is 15.5 Å². The summed E-state index contributed by atoms with van der Waals surface area (Å²) in [6.07, 6.45) is 1.89. The van der Waals surface area contributed by atoms with Gasteiger partial charge in [-0.15, -0.1) is 24.0 Å². The van der Waals surface area contributed by atoms with Crippen LogP contribution in [0.4, 0.5) is 5.69 Å². The van der Waals surface area contributed by atoms with Crippen molar-refractivity contribution in [3.63, 3.8) is 0 Å². The second kappa shape index (κ2) is 9.36. The average molecular weight is 483 g/mol. The van der Waals surface area contributed by atoms with Crippen LogP contribution in [0.15, 0.2) is 90.2 Å². The fraction of sp³-hybridized carbons (Fsp3) is 0.0909. The molecular formula is C22H22IN5. The van der Waals surface area contributed by atoms with Gasteiger partial charge in [-0.1, -0.05) is 54.6 Å². The second-order valence-corrected chi connectivity index (χ2v) is 6.37. The lowest BCUT2D eigenvalue weighted by molar-refractivity contribution is 0.823. The standard InChI is InChI=1S/C22H21N5.HI/c23-22(26-19-6-2-1-3-7-19)24-14-17-10-12-18(13-11-17)15-27-16-25-20-8-4-5-9-21(20)27;/h1-13,16H,14-15H2,(H3,23,24,26);1H. The van der Waals surface area contributed by atoms with Crippen LogP contribution in [0.2, 0.25) is 0 Å². The van der Waals surface area contributed by atoms with Crippen molar-refractivity contribution in [1.29, 1.82) is 0 Å². The Morgan fingerprint density at radius 2 is 1.57 bits per heavy atom. The highest BCUT2D eigenvalue weighted by Crippen LogP contribution is 2.15. The number of hydrogen-bond donors (Lipinski definition) is 2. The molecule has 0 saturated carbocycles. The molecule has 3 aromatic carbocycles. The summed E-state index contributed by atoms with van der Waals surface area (Å²) < 4.78 is 2.16. The van der Waals surface area contributed by atoms with Gasteiger partial charge in [0.05, 0.1) is 23.9 Å². The predicted octanol–water partition coefficient (Wildman–Crippen LogP) is 4.63. The third-order valence-electron chi connectivity index (χ3n) is 4.38. The Balaban J connectivity index is 0.00000225. The molecule has 0 amide bonds. The quantitative estimate of drug-likeness (QED) is 0.247. The number of para-hydroxylation sites is 3. The smallest absolute Gasteiger partial charge is 0.193 e. The highest BCUT2D eigenvalue weighted by molar-refractivity contribution is 14.0. The van der Waals surface area contributed by atoms with Gasteiger partial charge >= 0.3 is 0 Å². The first-order chi connectivity index (χ1) is 13.3. The van der Waals surface area contributed by atoms with Gasteiger partial charge in [0.1, 0.15) is 0 Å². The van der Waals surface area contributed by atoms with Gasteiger partial charge < -0.3 is 15.6 Å². The first-order valence-electron chi connectivity index (χ1n) is 8.87. The minimum atomic E-state index is 0. The maximum Gasteiger partial charge on any atom is 0.193 e. The molecule has 6 heteroatoms. The molecule has 0 unspecified atom stereocenters. The van der Waals surface area contributed by atoms with E-state index in [0.29, 0.717) is 12.5 Å². The van der Waals surface area contributed by atoms with Crippen molar-refractivity contribution in [3.05, 3.63) is 96.3 Å². The Morgan fingerprint density at radius 3 is 2.36 bits per heavy atom. The van der Waals surface area contributed by atoms with Crippen molar-refractivity contribution in [2.24, 2.45) is 10.7 Å². The molecule has 0 atom stereocenters. The summed E-state index contributed by atoms with van der Waals surface area (Å²) in [5.74, 6) is 0.412. The van der Waals surface area contributed by atoms with Crippen molar-refractivity contribution in [1.82, 2.24) is 9.55 Å². The van der Waals surface area contributed by atoms with Gasteiger partial charge in [-0.2, -0.15) is 0 Å². The zero-order valence-corrected chi connectivity index (χ0v) is 17.7. The number of benzene rings is 3. The van der Waals surface area contributed by atoms with Crippen LogP contribution in [0.25, 0.3) is 11.0 Å².